The Hall–Kier alpha value is -1.65. The Labute approximate surface area is 99.0 Å². The lowest BCUT2D eigenvalue weighted by Crippen LogP contribution is -2.30. The number of carbonyl (C=O) groups excluding carboxylic acids is 1. The molecule has 94 valence electrons. The Kier molecular flexibility index (Phi) is 3.70. The summed E-state index contributed by atoms with van der Waals surface area (Å²) >= 11 is 0. The molecule has 5 heteroatoms. The number of amides is 1. The maximum Gasteiger partial charge on any atom is 0.230 e. The molecule has 0 aliphatic heterocycles. The van der Waals surface area contributed by atoms with E-state index in [1.165, 1.54) is 0 Å². The molecule has 0 unspecified atom stereocenters. The Morgan fingerprint density at radius 2 is 2.00 bits per heavy atom. The highest BCUT2D eigenvalue weighted by Crippen LogP contribution is 2.27. The molecule has 0 bridgehead atoms. The lowest BCUT2D eigenvalue weighted by atomic mass is 9.89. The second-order valence-electron chi connectivity index (χ2n) is 4.54. The van der Waals surface area contributed by atoms with Gasteiger partial charge in [-0.05, 0) is 12.5 Å². The maximum atomic E-state index is 13.4. The van der Waals surface area contributed by atoms with Crippen LogP contribution in [0.15, 0.2) is 12.1 Å². The third-order valence-electron chi connectivity index (χ3n) is 2.82. The maximum absolute atomic E-state index is 13.4. The molecule has 0 heterocycles. The van der Waals surface area contributed by atoms with Crippen LogP contribution in [0.3, 0.4) is 0 Å². The van der Waals surface area contributed by atoms with Crippen LogP contribution in [-0.2, 0) is 4.79 Å². The summed E-state index contributed by atoms with van der Waals surface area (Å²) in [4.78, 5) is 11.8. The normalized spacial score (nSPS) is 11.4. The minimum Gasteiger partial charge on any atom is -0.397 e. The van der Waals surface area contributed by atoms with Gasteiger partial charge in [0.15, 0.2) is 5.82 Å². The van der Waals surface area contributed by atoms with Gasteiger partial charge in [0.1, 0.15) is 11.5 Å². The number of nitrogens with one attached hydrogen (secondary N) is 1. The molecule has 0 fully saturated rings. The van der Waals surface area contributed by atoms with Crippen LogP contribution in [0.2, 0.25) is 0 Å². The number of carbonyl (C=O) groups is 1. The molecule has 0 radical (unpaired) electrons. The Balaban J connectivity index is 3.01. The zero-order chi connectivity index (χ0) is 13.2. The quantitative estimate of drug-likeness (QED) is 0.801. The van der Waals surface area contributed by atoms with Gasteiger partial charge in [-0.15, -0.1) is 0 Å². The number of hydrogen-bond donors (Lipinski definition) is 2. The molecule has 0 aliphatic rings. The fraction of sp³-hybridized carbons (Fsp3) is 0.417. The van der Waals surface area contributed by atoms with E-state index in [2.05, 4.69) is 5.32 Å². The van der Waals surface area contributed by atoms with E-state index < -0.39 is 17.0 Å². The zero-order valence-corrected chi connectivity index (χ0v) is 10.1. The van der Waals surface area contributed by atoms with Crippen LogP contribution in [-0.4, -0.2) is 5.91 Å². The van der Waals surface area contributed by atoms with Crippen LogP contribution in [0.4, 0.5) is 20.2 Å². The van der Waals surface area contributed by atoms with Gasteiger partial charge in [0.05, 0.1) is 5.69 Å². The van der Waals surface area contributed by atoms with Gasteiger partial charge in [-0.3, -0.25) is 4.79 Å². The van der Waals surface area contributed by atoms with Crippen molar-refractivity contribution in [1.82, 2.24) is 0 Å². The molecular weight excluding hydrogens is 226 g/mol. The summed E-state index contributed by atoms with van der Waals surface area (Å²) in [6.07, 6.45) is 0.599. The lowest BCUT2D eigenvalue weighted by molar-refractivity contribution is -0.124. The number of anilines is 2. The van der Waals surface area contributed by atoms with E-state index in [4.69, 9.17) is 5.73 Å². The van der Waals surface area contributed by atoms with Crippen LogP contribution in [0.25, 0.3) is 0 Å². The van der Waals surface area contributed by atoms with Gasteiger partial charge in [0.2, 0.25) is 5.91 Å². The Morgan fingerprint density at radius 1 is 1.41 bits per heavy atom. The molecule has 1 aromatic carbocycles. The third kappa shape index (κ3) is 2.93. The molecule has 3 N–H and O–H groups in total. The molecule has 0 atom stereocenters. The summed E-state index contributed by atoms with van der Waals surface area (Å²) in [5.41, 5.74) is 4.54. The molecule has 1 rings (SSSR count). The van der Waals surface area contributed by atoms with Gasteiger partial charge in [-0.25, -0.2) is 8.78 Å². The van der Waals surface area contributed by atoms with E-state index in [0.717, 1.165) is 6.07 Å². The lowest BCUT2D eigenvalue weighted by Gasteiger charge is -2.22. The molecule has 0 saturated carbocycles. The van der Waals surface area contributed by atoms with Crippen molar-refractivity contribution in [1.29, 1.82) is 0 Å². The zero-order valence-electron chi connectivity index (χ0n) is 10.1. The molecule has 0 aliphatic carbocycles. The van der Waals surface area contributed by atoms with Gasteiger partial charge < -0.3 is 11.1 Å². The summed E-state index contributed by atoms with van der Waals surface area (Å²) in [5, 5.41) is 2.39. The number of benzene rings is 1. The summed E-state index contributed by atoms with van der Waals surface area (Å²) in [6, 6.07) is 1.66. The van der Waals surface area contributed by atoms with Gasteiger partial charge in [0.25, 0.3) is 0 Å². The SMILES string of the molecule is CCC(C)(C)C(=O)Nc1c(N)cc(F)cc1F. The fourth-order valence-electron chi connectivity index (χ4n) is 1.17. The Bertz CT molecular complexity index is 421. The predicted octanol–water partition coefficient (Wildman–Crippen LogP) is 2.92. The smallest absolute Gasteiger partial charge is 0.230 e. The molecular formula is C12H16F2N2O. The summed E-state index contributed by atoms with van der Waals surface area (Å²) in [5.74, 6) is -1.99. The Morgan fingerprint density at radius 3 is 2.47 bits per heavy atom. The highest BCUT2D eigenvalue weighted by molar-refractivity contribution is 5.97. The number of halogens is 2. The van der Waals surface area contributed by atoms with Crippen molar-refractivity contribution in [3.63, 3.8) is 0 Å². The second kappa shape index (κ2) is 4.69. The first-order valence-corrected chi connectivity index (χ1v) is 5.34. The number of nitrogen functional groups attached to an aromatic ring is 1. The van der Waals surface area contributed by atoms with Crippen molar-refractivity contribution in [2.24, 2.45) is 5.41 Å². The molecule has 0 aromatic heterocycles. The molecule has 3 nitrogen and oxygen atoms in total. The van der Waals surface area contributed by atoms with Crippen LogP contribution in [0, 0.1) is 17.0 Å². The van der Waals surface area contributed by atoms with E-state index in [1.807, 2.05) is 6.92 Å². The van der Waals surface area contributed by atoms with E-state index in [1.54, 1.807) is 13.8 Å². The van der Waals surface area contributed by atoms with Crippen molar-refractivity contribution in [2.45, 2.75) is 27.2 Å². The van der Waals surface area contributed by atoms with Crippen LogP contribution in [0.5, 0.6) is 0 Å². The standard InChI is InChI=1S/C12H16F2N2O/c1-4-12(2,3)11(17)16-10-8(14)5-7(13)6-9(10)15/h5-6H,4,15H2,1-3H3,(H,16,17). The minimum atomic E-state index is -0.872. The average Bonchev–Trinajstić information content (AvgIpc) is 2.22. The van der Waals surface area contributed by atoms with Crippen LogP contribution in [0.1, 0.15) is 27.2 Å². The van der Waals surface area contributed by atoms with Crippen molar-refractivity contribution in [2.75, 3.05) is 11.1 Å². The summed E-state index contributed by atoms with van der Waals surface area (Å²) < 4.78 is 26.2. The van der Waals surface area contributed by atoms with Gasteiger partial charge in [0, 0.05) is 11.5 Å². The van der Waals surface area contributed by atoms with Crippen molar-refractivity contribution in [3.8, 4) is 0 Å². The monoisotopic (exact) mass is 242 g/mol. The number of rotatable bonds is 3. The highest BCUT2D eigenvalue weighted by atomic mass is 19.1. The summed E-state index contributed by atoms with van der Waals surface area (Å²) in [6.45, 7) is 5.32. The number of nitrogens with two attached hydrogens (primary N) is 1. The molecule has 0 spiro atoms. The topological polar surface area (TPSA) is 55.1 Å². The molecule has 17 heavy (non-hydrogen) atoms. The average molecular weight is 242 g/mol. The molecule has 1 aromatic rings. The van der Waals surface area contributed by atoms with Crippen molar-refractivity contribution >= 4 is 17.3 Å². The van der Waals surface area contributed by atoms with E-state index in [-0.39, 0.29) is 17.3 Å². The second-order valence-corrected chi connectivity index (χ2v) is 4.54. The van der Waals surface area contributed by atoms with Crippen molar-refractivity contribution < 1.29 is 13.6 Å². The first-order valence-electron chi connectivity index (χ1n) is 5.34. The van der Waals surface area contributed by atoms with E-state index >= 15 is 0 Å². The predicted molar refractivity (Wildman–Crippen MR) is 63.5 cm³/mol. The van der Waals surface area contributed by atoms with Gasteiger partial charge >= 0.3 is 0 Å². The van der Waals surface area contributed by atoms with Gasteiger partial charge in [-0.1, -0.05) is 20.8 Å². The first-order chi connectivity index (χ1) is 7.77. The molecule has 1 amide bonds. The molecule has 0 saturated heterocycles. The van der Waals surface area contributed by atoms with E-state index in [9.17, 15) is 13.6 Å². The highest BCUT2D eigenvalue weighted by Gasteiger charge is 2.26. The van der Waals surface area contributed by atoms with Crippen molar-refractivity contribution in [3.05, 3.63) is 23.8 Å². The van der Waals surface area contributed by atoms with Gasteiger partial charge in [-0.2, -0.15) is 0 Å². The number of hydrogen-bond acceptors (Lipinski definition) is 2. The summed E-state index contributed by atoms with van der Waals surface area (Å²) in [7, 11) is 0. The third-order valence-corrected chi connectivity index (χ3v) is 2.82. The van der Waals surface area contributed by atoms with E-state index in [0.29, 0.717) is 12.5 Å². The van der Waals surface area contributed by atoms with Crippen LogP contribution < -0.4 is 11.1 Å². The largest absolute Gasteiger partial charge is 0.397 e. The first kappa shape index (κ1) is 13.4. The minimum absolute atomic E-state index is 0.122. The van der Waals surface area contributed by atoms with Crippen LogP contribution >= 0.6 is 0 Å². The fourth-order valence-corrected chi connectivity index (χ4v) is 1.17.